The van der Waals surface area contributed by atoms with Gasteiger partial charge in [0.15, 0.2) is 0 Å². The standard InChI is InChI=1S/C25H29NO2/c1-19(16-20(2)27)17-23-8-6-21(7-9-23)4-5-22-10-12-24(13-11-22)28-25-14-15-26(3)18-25/h6-13,19,25H,14-18H2,1-3H3. The first-order valence-corrected chi connectivity index (χ1v) is 10.0. The van der Waals surface area contributed by atoms with E-state index in [0.29, 0.717) is 18.4 Å². The van der Waals surface area contributed by atoms with E-state index in [1.165, 1.54) is 5.56 Å². The summed E-state index contributed by atoms with van der Waals surface area (Å²) in [6.07, 6.45) is 2.94. The van der Waals surface area contributed by atoms with Crippen LogP contribution in [0.25, 0.3) is 0 Å². The highest BCUT2D eigenvalue weighted by molar-refractivity contribution is 5.75. The maximum absolute atomic E-state index is 11.2. The average molecular weight is 376 g/mol. The van der Waals surface area contributed by atoms with Crippen LogP contribution in [-0.2, 0) is 11.2 Å². The van der Waals surface area contributed by atoms with Crippen LogP contribution in [0, 0.1) is 17.8 Å². The fraction of sp³-hybridized carbons (Fsp3) is 0.400. The van der Waals surface area contributed by atoms with Gasteiger partial charge < -0.3 is 14.4 Å². The SMILES string of the molecule is CC(=O)CC(C)Cc1ccc(C#Cc2ccc(OC3CCN(C)C3)cc2)cc1. The van der Waals surface area contributed by atoms with Crippen molar-refractivity contribution in [3.05, 3.63) is 65.2 Å². The summed E-state index contributed by atoms with van der Waals surface area (Å²) >= 11 is 0. The zero-order valence-corrected chi connectivity index (χ0v) is 17.1. The number of nitrogens with zero attached hydrogens (tertiary/aromatic N) is 1. The molecule has 0 aromatic heterocycles. The minimum absolute atomic E-state index is 0.252. The molecule has 0 amide bonds. The van der Waals surface area contributed by atoms with Gasteiger partial charge in [0.05, 0.1) is 0 Å². The van der Waals surface area contributed by atoms with E-state index in [1.54, 1.807) is 6.92 Å². The third-order valence-corrected chi connectivity index (χ3v) is 5.03. The lowest BCUT2D eigenvalue weighted by atomic mass is 9.96. The minimum atomic E-state index is 0.252. The smallest absolute Gasteiger partial charge is 0.130 e. The predicted octanol–water partition coefficient (Wildman–Crippen LogP) is 4.33. The highest BCUT2D eigenvalue weighted by Gasteiger charge is 2.20. The molecule has 0 N–H and O–H groups in total. The lowest BCUT2D eigenvalue weighted by Crippen LogP contribution is -2.21. The molecule has 0 spiro atoms. The summed E-state index contributed by atoms with van der Waals surface area (Å²) in [5.74, 6) is 7.98. The Morgan fingerprint density at radius 1 is 1.11 bits per heavy atom. The van der Waals surface area contributed by atoms with Crippen molar-refractivity contribution >= 4 is 5.78 Å². The molecule has 28 heavy (non-hydrogen) atoms. The Labute approximate surface area is 168 Å². The van der Waals surface area contributed by atoms with Gasteiger partial charge in [0.2, 0.25) is 0 Å². The first kappa shape index (κ1) is 20.2. The van der Waals surface area contributed by atoms with E-state index in [0.717, 1.165) is 42.8 Å². The van der Waals surface area contributed by atoms with E-state index in [4.69, 9.17) is 4.74 Å². The van der Waals surface area contributed by atoms with E-state index < -0.39 is 0 Å². The number of benzene rings is 2. The van der Waals surface area contributed by atoms with E-state index in [2.05, 4.69) is 55.0 Å². The molecule has 3 rings (SSSR count). The second kappa shape index (κ2) is 9.57. The summed E-state index contributed by atoms with van der Waals surface area (Å²) in [6, 6.07) is 16.3. The van der Waals surface area contributed by atoms with Gasteiger partial charge in [-0.15, -0.1) is 0 Å². The van der Waals surface area contributed by atoms with E-state index in [-0.39, 0.29) is 5.78 Å². The van der Waals surface area contributed by atoms with Crippen LogP contribution in [0.4, 0.5) is 0 Å². The summed E-state index contributed by atoms with van der Waals surface area (Å²) < 4.78 is 6.02. The van der Waals surface area contributed by atoms with Gasteiger partial charge in [-0.1, -0.05) is 30.9 Å². The molecular weight excluding hydrogens is 346 g/mol. The Hall–Kier alpha value is -2.57. The number of carbonyl (C=O) groups is 1. The zero-order chi connectivity index (χ0) is 19.9. The summed E-state index contributed by atoms with van der Waals surface area (Å²) in [7, 11) is 2.13. The molecule has 3 nitrogen and oxygen atoms in total. The zero-order valence-electron chi connectivity index (χ0n) is 17.1. The van der Waals surface area contributed by atoms with Gasteiger partial charge in [-0.2, -0.15) is 0 Å². The molecule has 1 saturated heterocycles. The van der Waals surface area contributed by atoms with Crippen LogP contribution < -0.4 is 4.74 Å². The summed E-state index contributed by atoms with van der Waals surface area (Å²) in [5.41, 5.74) is 3.23. The van der Waals surface area contributed by atoms with Crippen LogP contribution in [0.5, 0.6) is 5.75 Å². The van der Waals surface area contributed by atoms with Gasteiger partial charge in [0.25, 0.3) is 0 Å². The number of hydrogen-bond acceptors (Lipinski definition) is 3. The first-order chi connectivity index (χ1) is 13.5. The Bertz CT molecular complexity index is 843. The van der Waals surface area contributed by atoms with E-state index in [9.17, 15) is 4.79 Å². The van der Waals surface area contributed by atoms with E-state index in [1.807, 2.05) is 24.3 Å². The number of likely N-dealkylation sites (N-methyl/N-ethyl adjacent to an activating group) is 1. The number of carbonyl (C=O) groups excluding carboxylic acids is 1. The molecule has 2 unspecified atom stereocenters. The average Bonchev–Trinajstić information content (AvgIpc) is 3.06. The third-order valence-electron chi connectivity index (χ3n) is 5.03. The molecule has 2 atom stereocenters. The number of ether oxygens (including phenoxy) is 1. The lowest BCUT2D eigenvalue weighted by Gasteiger charge is -2.13. The third kappa shape index (κ3) is 6.25. The summed E-state index contributed by atoms with van der Waals surface area (Å²) in [4.78, 5) is 13.5. The molecule has 1 heterocycles. The van der Waals surface area contributed by atoms with Crippen molar-refractivity contribution in [2.75, 3.05) is 20.1 Å². The van der Waals surface area contributed by atoms with Crippen molar-refractivity contribution in [1.82, 2.24) is 4.90 Å². The highest BCUT2D eigenvalue weighted by atomic mass is 16.5. The minimum Gasteiger partial charge on any atom is -0.489 e. The molecule has 3 heteroatoms. The number of likely N-dealkylation sites (tertiary alicyclic amines) is 1. The van der Waals surface area contributed by atoms with Gasteiger partial charge in [-0.3, -0.25) is 0 Å². The number of rotatable bonds is 6. The molecule has 0 saturated carbocycles. The molecule has 1 fully saturated rings. The second-order valence-electron chi connectivity index (χ2n) is 7.98. The number of Topliss-reactive ketones (excluding diaryl/α,β-unsaturated/α-hetero) is 1. The molecular formula is C25H29NO2. The topological polar surface area (TPSA) is 29.5 Å². The normalized spacial score (nSPS) is 17.6. The molecule has 1 aliphatic heterocycles. The second-order valence-corrected chi connectivity index (χ2v) is 7.98. The molecule has 146 valence electrons. The van der Waals surface area contributed by atoms with Crippen molar-refractivity contribution in [2.24, 2.45) is 5.92 Å². The number of ketones is 1. The van der Waals surface area contributed by atoms with Crippen LogP contribution in [0.2, 0.25) is 0 Å². The van der Waals surface area contributed by atoms with Crippen LogP contribution in [-0.4, -0.2) is 36.9 Å². The summed E-state index contributed by atoms with van der Waals surface area (Å²) in [5, 5.41) is 0. The van der Waals surface area contributed by atoms with Crippen LogP contribution in [0.15, 0.2) is 48.5 Å². The van der Waals surface area contributed by atoms with Gasteiger partial charge >= 0.3 is 0 Å². The fourth-order valence-electron chi connectivity index (χ4n) is 3.63. The van der Waals surface area contributed by atoms with Gasteiger partial charge in [-0.05, 0) is 74.7 Å². The Kier molecular flexibility index (Phi) is 6.90. The highest BCUT2D eigenvalue weighted by Crippen LogP contribution is 2.18. The molecule has 0 bridgehead atoms. The van der Waals surface area contributed by atoms with Crippen molar-refractivity contribution < 1.29 is 9.53 Å². The predicted molar refractivity (Wildman–Crippen MR) is 114 cm³/mol. The van der Waals surface area contributed by atoms with Crippen LogP contribution in [0.1, 0.15) is 43.4 Å². The monoisotopic (exact) mass is 375 g/mol. The van der Waals surface area contributed by atoms with Crippen molar-refractivity contribution in [3.8, 4) is 17.6 Å². The van der Waals surface area contributed by atoms with Gasteiger partial charge in [0.1, 0.15) is 17.6 Å². The Morgan fingerprint density at radius 3 is 2.25 bits per heavy atom. The van der Waals surface area contributed by atoms with Gasteiger partial charge in [-0.25, -0.2) is 0 Å². The number of hydrogen-bond donors (Lipinski definition) is 0. The lowest BCUT2D eigenvalue weighted by molar-refractivity contribution is -0.117. The maximum Gasteiger partial charge on any atom is 0.130 e. The summed E-state index contributed by atoms with van der Waals surface area (Å²) in [6.45, 7) is 5.86. The molecule has 0 radical (unpaired) electrons. The van der Waals surface area contributed by atoms with Gasteiger partial charge in [0, 0.05) is 30.6 Å². The molecule has 2 aromatic carbocycles. The van der Waals surface area contributed by atoms with E-state index >= 15 is 0 Å². The first-order valence-electron chi connectivity index (χ1n) is 10.0. The maximum atomic E-state index is 11.2. The van der Waals surface area contributed by atoms with Crippen LogP contribution >= 0.6 is 0 Å². The van der Waals surface area contributed by atoms with Crippen molar-refractivity contribution in [3.63, 3.8) is 0 Å². The largest absolute Gasteiger partial charge is 0.489 e. The van der Waals surface area contributed by atoms with Crippen molar-refractivity contribution in [2.45, 2.75) is 39.2 Å². The van der Waals surface area contributed by atoms with Crippen molar-refractivity contribution in [1.29, 1.82) is 0 Å². The van der Waals surface area contributed by atoms with Crippen LogP contribution in [0.3, 0.4) is 0 Å². The quantitative estimate of drug-likeness (QED) is 0.704. The Balaban J connectivity index is 1.55. The molecule has 2 aromatic rings. The fourth-order valence-corrected chi connectivity index (χ4v) is 3.63. The Morgan fingerprint density at radius 2 is 1.71 bits per heavy atom. The molecule has 1 aliphatic rings. The molecule has 0 aliphatic carbocycles.